The van der Waals surface area contributed by atoms with E-state index in [9.17, 15) is 5.11 Å². The normalized spacial score (nSPS) is 8.44. The summed E-state index contributed by atoms with van der Waals surface area (Å²) in [6.07, 6.45) is 0.309. The van der Waals surface area contributed by atoms with E-state index in [1.54, 1.807) is 12.1 Å². The molecule has 9 heavy (non-hydrogen) atoms. The number of hydrogen-bond acceptors (Lipinski definition) is 3. The standard InChI is InChI=1S/C5H4N2O.K/c6-2-1-5(3-7)4-8;/h4,8H,1H2;/q;+1/p-1/b5-4-;. The van der Waals surface area contributed by atoms with E-state index in [0.717, 1.165) is 0 Å². The van der Waals surface area contributed by atoms with Crippen molar-refractivity contribution in [1.29, 1.82) is 10.5 Å². The first kappa shape index (κ1) is 11.9. The molecule has 0 bridgehead atoms. The Labute approximate surface area is 96.0 Å². The van der Waals surface area contributed by atoms with Gasteiger partial charge in [-0.25, -0.2) is 0 Å². The second-order valence-corrected chi connectivity index (χ2v) is 1.09. The first-order valence-corrected chi connectivity index (χ1v) is 1.93. The molecule has 0 rings (SSSR count). The predicted octanol–water partition coefficient (Wildman–Crippen LogP) is -3.33. The molecule has 0 heterocycles. The first-order valence-electron chi connectivity index (χ1n) is 1.93. The van der Waals surface area contributed by atoms with Crippen LogP contribution in [0.15, 0.2) is 11.8 Å². The molecule has 0 atom stereocenters. The van der Waals surface area contributed by atoms with E-state index in [1.807, 2.05) is 0 Å². The van der Waals surface area contributed by atoms with Crippen LogP contribution in [-0.4, -0.2) is 0 Å². The van der Waals surface area contributed by atoms with Crippen LogP contribution in [0.5, 0.6) is 0 Å². The molecule has 0 saturated carbocycles. The number of hydrogen-bond donors (Lipinski definition) is 0. The third-order valence-corrected chi connectivity index (χ3v) is 0.555. The van der Waals surface area contributed by atoms with Gasteiger partial charge in [0.15, 0.2) is 0 Å². The summed E-state index contributed by atoms with van der Waals surface area (Å²) in [6.45, 7) is 0. The van der Waals surface area contributed by atoms with Crippen molar-refractivity contribution in [3.8, 4) is 12.1 Å². The number of nitrogens with zero attached hydrogens (tertiary/aromatic N) is 2. The predicted molar refractivity (Wildman–Crippen MR) is 23.9 cm³/mol. The fourth-order valence-corrected chi connectivity index (χ4v) is 0.193. The molecule has 0 aromatic rings. The van der Waals surface area contributed by atoms with Gasteiger partial charge in [0.1, 0.15) is 0 Å². The van der Waals surface area contributed by atoms with Crippen LogP contribution in [-0.2, 0) is 0 Å². The van der Waals surface area contributed by atoms with Crippen LogP contribution in [0.2, 0.25) is 0 Å². The third-order valence-electron chi connectivity index (χ3n) is 0.555. The quantitative estimate of drug-likeness (QED) is 0.221. The van der Waals surface area contributed by atoms with Crippen LogP contribution in [0, 0.1) is 22.7 Å². The van der Waals surface area contributed by atoms with Crippen molar-refractivity contribution in [3.05, 3.63) is 11.8 Å². The summed E-state index contributed by atoms with van der Waals surface area (Å²) < 4.78 is 0. The molecule has 0 saturated heterocycles. The van der Waals surface area contributed by atoms with Gasteiger partial charge in [-0.15, -0.1) is 6.26 Å². The molecule has 40 valence electrons. The van der Waals surface area contributed by atoms with Gasteiger partial charge in [0, 0.05) is 5.57 Å². The van der Waals surface area contributed by atoms with E-state index in [-0.39, 0.29) is 63.4 Å². The van der Waals surface area contributed by atoms with Crippen molar-refractivity contribution >= 4 is 0 Å². The molecule has 0 radical (unpaired) electrons. The fourth-order valence-electron chi connectivity index (χ4n) is 0.193. The second kappa shape index (κ2) is 8.16. The maximum atomic E-state index is 9.72. The van der Waals surface area contributed by atoms with E-state index >= 15 is 0 Å². The summed E-state index contributed by atoms with van der Waals surface area (Å²) in [5, 5.41) is 25.6. The zero-order valence-corrected chi connectivity index (χ0v) is 8.21. The Bertz CT molecular complexity index is 174. The van der Waals surface area contributed by atoms with Gasteiger partial charge in [-0.3, -0.25) is 0 Å². The van der Waals surface area contributed by atoms with Gasteiger partial charge >= 0.3 is 51.4 Å². The molecule has 0 aliphatic carbocycles. The second-order valence-electron chi connectivity index (χ2n) is 1.09. The molecule has 0 aliphatic rings. The number of allylic oxidation sites excluding steroid dienone is 1. The monoisotopic (exact) mass is 146 g/mol. The Balaban J connectivity index is 0. The minimum atomic E-state index is -0.0833. The number of rotatable bonds is 1. The molecule has 0 unspecified atom stereocenters. The van der Waals surface area contributed by atoms with Crippen molar-refractivity contribution in [2.75, 3.05) is 0 Å². The average Bonchev–Trinajstić information content (AvgIpc) is 1.83. The molecule has 3 nitrogen and oxygen atoms in total. The van der Waals surface area contributed by atoms with Gasteiger partial charge < -0.3 is 5.11 Å². The minimum Gasteiger partial charge on any atom is -0.877 e. The Morgan fingerprint density at radius 3 is 2.22 bits per heavy atom. The first-order chi connectivity index (χ1) is 3.85. The molecule has 0 fully saturated rings. The van der Waals surface area contributed by atoms with E-state index in [0.29, 0.717) is 6.26 Å². The molecule has 4 heteroatoms. The molecule has 0 amide bonds. The van der Waals surface area contributed by atoms with E-state index in [2.05, 4.69) is 0 Å². The van der Waals surface area contributed by atoms with Crippen LogP contribution in [0.1, 0.15) is 6.42 Å². The van der Waals surface area contributed by atoms with Crippen LogP contribution in [0.3, 0.4) is 0 Å². The van der Waals surface area contributed by atoms with Gasteiger partial charge in [-0.05, 0) is 0 Å². The van der Waals surface area contributed by atoms with Crippen LogP contribution < -0.4 is 56.5 Å². The average molecular weight is 146 g/mol. The zero-order chi connectivity index (χ0) is 6.41. The van der Waals surface area contributed by atoms with Crippen LogP contribution in [0.4, 0.5) is 0 Å². The SMILES string of the molecule is N#CC/C(C#N)=C/[O-].[K+]. The Kier molecular flexibility index (Phi) is 10.8. The van der Waals surface area contributed by atoms with Gasteiger partial charge in [0.05, 0.1) is 18.6 Å². The van der Waals surface area contributed by atoms with Gasteiger partial charge in [0.25, 0.3) is 0 Å². The molecule has 0 aliphatic heterocycles. The molecule has 0 N–H and O–H groups in total. The Hall–Kier alpha value is 0.156. The van der Waals surface area contributed by atoms with Crippen molar-refractivity contribution in [2.45, 2.75) is 6.42 Å². The minimum absolute atomic E-state index is 0. The van der Waals surface area contributed by atoms with E-state index in [4.69, 9.17) is 10.5 Å². The fraction of sp³-hybridized carbons (Fsp3) is 0.200. The smallest absolute Gasteiger partial charge is 0.877 e. The zero-order valence-electron chi connectivity index (χ0n) is 5.09. The maximum absolute atomic E-state index is 9.72. The van der Waals surface area contributed by atoms with Crippen molar-refractivity contribution in [1.82, 2.24) is 0 Å². The molecule has 0 aromatic carbocycles. The molecule has 0 aromatic heterocycles. The van der Waals surface area contributed by atoms with Crippen molar-refractivity contribution < 1.29 is 56.5 Å². The van der Waals surface area contributed by atoms with Crippen molar-refractivity contribution in [3.63, 3.8) is 0 Å². The van der Waals surface area contributed by atoms with Gasteiger partial charge in [-0.2, -0.15) is 10.5 Å². The van der Waals surface area contributed by atoms with Gasteiger partial charge in [-0.1, -0.05) is 0 Å². The third kappa shape index (κ3) is 6.04. The van der Waals surface area contributed by atoms with Crippen molar-refractivity contribution in [2.24, 2.45) is 0 Å². The summed E-state index contributed by atoms with van der Waals surface area (Å²) in [5.74, 6) is 0. The maximum Gasteiger partial charge on any atom is 1.00 e. The topological polar surface area (TPSA) is 70.6 Å². The summed E-state index contributed by atoms with van der Waals surface area (Å²) in [6, 6.07) is 3.26. The van der Waals surface area contributed by atoms with E-state index < -0.39 is 0 Å². The Morgan fingerprint density at radius 2 is 2.11 bits per heavy atom. The molecule has 0 spiro atoms. The number of nitriles is 2. The Morgan fingerprint density at radius 1 is 1.56 bits per heavy atom. The summed E-state index contributed by atoms with van der Waals surface area (Å²) >= 11 is 0. The molecular weight excluding hydrogens is 143 g/mol. The summed E-state index contributed by atoms with van der Waals surface area (Å²) in [5.41, 5.74) is -0.0208. The van der Waals surface area contributed by atoms with Gasteiger partial charge in [0.2, 0.25) is 0 Å². The largest absolute Gasteiger partial charge is 1.00 e. The molecular formula is C5H3KN2O. The van der Waals surface area contributed by atoms with Crippen LogP contribution >= 0.6 is 0 Å². The van der Waals surface area contributed by atoms with E-state index in [1.165, 1.54) is 0 Å². The summed E-state index contributed by atoms with van der Waals surface area (Å²) in [4.78, 5) is 0. The summed E-state index contributed by atoms with van der Waals surface area (Å²) in [7, 11) is 0. The van der Waals surface area contributed by atoms with Crippen LogP contribution in [0.25, 0.3) is 0 Å².